The number of carbonyl (C=O) groups excluding carboxylic acids is 2. The van der Waals surface area contributed by atoms with Crippen molar-refractivity contribution in [1.29, 1.82) is 0 Å². The van der Waals surface area contributed by atoms with Crippen molar-refractivity contribution in [3.05, 3.63) is 89.5 Å². The molecule has 0 spiro atoms. The summed E-state index contributed by atoms with van der Waals surface area (Å²) in [6.07, 6.45) is 1.04. The third-order valence-electron chi connectivity index (χ3n) is 5.64. The predicted molar refractivity (Wildman–Crippen MR) is 140 cm³/mol. The number of nitrogens with one attached hydrogen (secondary N) is 2. The zero-order valence-corrected chi connectivity index (χ0v) is 21.5. The number of amides is 2. The van der Waals surface area contributed by atoms with Crippen molar-refractivity contribution >= 4 is 27.5 Å². The molecule has 0 unspecified atom stereocenters. The molecule has 2 N–H and O–H groups in total. The van der Waals surface area contributed by atoms with E-state index in [1.54, 1.807) is 30.3 Å². The van der Waals surface area contributed by atoms with Gasteiger partial charge in [0.05, 0.1) is 23.3 Å². The molecule has 9 heteroatoms. The minimum absolute atomic E-state index is 0.0752. The Labute approximate surface area is 212 Å². The zero-order chi connectivity index (χ0) is 26.1. The van der Waals surface area contributed by atoms with E-state index in [9.17, 15) is 18.0 Å². The molecular weight excluding hydrogens is 478 g/mol. The number of aryl methyl sites for hydroxylation is 1. The van der Waals surface area contributed by atoms with Crippen LogP contribution >= 0.6 is 0 Å². The molecule has 0 aromatic heterocycles. The van der Waals surface area contributed by atoms with Crippen molar-refractivity contribution in [1.82, 2.24) is 9.62 Å². The lowest BCUT2D eigenvalue weighted by Gasteiger charge is -2.15. The van der Waals surface area contributed by atoms with Crippen LogP contribution in [0.2, 0.25) is 0 Å². The van der Waals surface area contributed by atoms with Gasteiger partial charge in [-0.05, 0) is 54.3 Å². The number of nitrogens with zero attached hydrogens (tertiary/aromatic N) is 1. The molecule has 0 radical (unpaired) electrons. The standard InChI is InChI=1S/C27H31N3O5S/c1-30(2)36(33,34)22-14-15-25(35-3)21(19-22)13-16-26(31)29-24-12-8-7-11-23(24)27(32)28-18-17-20-9-5-4-6-10-20/h4-12,14-15,19H,13,16-18H2,1-3H3,(H,28,32)(H,29,31). The number of anilines is 1. The lowest BCUT2D eigenvalue weighted by atomic mass is 10.1. The highest BCUT2D eigenvalue weighted by molar-refractivity contribution is 7.89. The van der Waals surface area contributed by atoms with Crippen molar-refractivity contribution in [2.75, 3.05) is 33.1 Å². The van der Waals surface area contributed by atoms with Crippen molar-refractivity contribution < 1.29 is 22.7 Å². The van der Waals surface area contributed by atoms with Gasteiger partial charge in [0, 0.05) is 27.1 Å². The third-order valence-corrected chi connectivity index (χ3v) is 7.45. The first-order chi connectivity index (χ1) is 17.2. The van der Waals surface area contributed by atoms with Crippen LogP contribution < -0.4 is 15.4 Å². The first kappa shape index (κ1) is 26.9. The van der Waals surface area contributed by atoms with Gasteiger partial charge in [-0.1, -0.05) is 42.5 Å². The maximum Gasteiger partial charge on any atom is 0.253 e. The van der Waals surface area contributed by atoms with E-state index < -0.39 is 10.0 Å². The fraction of sp³-hybridized carbons (Fsp3) is 0.259. The zero-order valence-electron chi connectivity index (χ0n) is 20.7. The van der Waals surface area contributed by atoms with Gasteiger partial charge in [-0.3, -0.25) is 9.59 Å². The summed E-state index contributed by atoms with van der Waals surface area (Å²) in [7, 11) is 0.793. The highest BCUT2D eigenvalue weighted by Gasteiger charge is 2.20. The van der Waals surface area contributed by atoms with E-state index in [2.05, 4.69) is 10.6 Å². The van der Waals surface area contributed by atoms with E-state index in [0.717, 1.165) is 9.87 Å². The molecule has 190 valence electrons. The normalized spacial score (nSPS) is 11.2. The maximum atomic E-state index is 12.7. The summed E-state index contributed by atoms with van der Waals surface area (Å²) in [6.45, 7) is 0.469. The van der Waals surface area contributed by atoms with Gasteiger partial charge in [0.1, 0.15) is 5.75 Å². The number of carbonyl (C=O) groups is 2. The summed E-state index contributed by atoms with van der Waals surface area (Å²) in [5.74, 6) is -0.0775. The van der Waals surface area contributed by atoms with Crippen molar-refractivity contribution in [2.45, 2.75) is 24.2 Å². The Balaban J connectivity index is 1.64. The molecule has 3 rings (SSSR count). The summed E-state index contributed by atoms with van der Waals surface area (Å²) in [4.78, 5) is 25.6. The molecule has 0 aliphatic rings. The van der Waals surface area contributed by atoms with Crippen LogP contribution in [0.5, 0.6) is 5.75 Å². The van der Waals surface area contributed by atoms with E-state index in [-0.39, 0.29) is 29.6 Å². The molecule has 0 bridgehead atoms. The molecular formula is C27H31N3O5S. The molecule has 0 aliphatic carbocycles. The second-order valence-corrected chi connectivity index (χ2v) is 10.5. The van der Waals surface area contributed by atoms with Gasteiger partial charge in [-0.25, -0.2) is 12.7 Å². The number of hydrogen-bond donors (Lipinski definition) is 2. The number of methoxy groups -OCH3 is 1. The number of benzene rings is 3. The van der Waals surface area contributed by atoms with E-state index in [0.29, 0.717) is 35.5 Å². The van der Waals surface area contributed by atoms with Crippen LogP contribution in [0, 0.1) is 0 Å². The van der Waals surface area contributed by atoms with Gasteiger partial charge in [0.25, 0.3) is 5.91 Å². The topological polar surface area (TPSA) is 105 Å². The average Bonchev–Trinajstić information content (AvgIpc) is 2.88. The van der Waals surface area contributed by atoms with E-state index in [1.165, 1.54) is 33.3 Å². The predicted octanol–water partition coefficient (Wildman–Crippen LogP) is 3.49. The summed E-state index contributed by atoms with van der Waals surface area (Å²) in [6, 6.07) is 21.3. The molecule has 3 aromatic carbocycles. The Morgan fingerprint density at radius 2 is 1.61 bits per heavy atom. The van der Waals surface area contributed by atoms with E-state index in [4.69, 9.17) is 4.74 Å². The Bertz CT molecular complexity index is 1310. The average molecular weight is 510 g/mol. The quantitative estimate of drug-likeness (QED) is 0.412. The van der Waals surface area contributed by atoms with E-state index in [1.807, 2.05) is 30.3 Å². The van der Waals surface area contributed by atoms with Crippen LogP contribution in [0.1, 0.15) is 27.9 Å². The molecule has 2 amide bonds. The SMILES string of the molecule is COc1ccc(S(=O)(=O)N(C)C)cc1CCC(=O)Nc1ccccc1C(=O)NCCc1ccccc1. The largest absolute Gasteiger partial charge is 0.496 e. The molecule has 0 atom stereocenters. The van der Waals surface area contributed by atoms with Crippen molar-refractivity contribution in [2.24, 2.45) is 0 Å². The maximum absolute atomic E-state index is 12.7. The monoisotopic (exact) mass is 509 g/mol. The Morgan fingerprint density at radius 1 is 0.917 bits per heavy atom. The first-order valence-corrected chi connectivity index (χ1v) is 13.0. The second-order valence-electron chi connectivity index (χ2n) is 8.35. The van der Waals surface area contributed by atoms with Crippen molar-refractivity contribution in [3.8, 4) is 5.75 Å². The minimum Gasteiger partial charge on any atom is -0.496 e. The second kappa shape index (κ2) is 12.3. The number of ether oxygens (including phenoxy) is 1. The first-order valence-electron chi connectivity index (χ1n) is 11.5. The van der Waals surface area contributed by atoms with Crippen LogP contribution in [0.25, 0.3) is 0 Å². The molecule has 0 heterocycles. The molecule has 0 saturated heterocycles. The molecule has 0 saturated carbocycles. The highest BCUT2D eigenvalue weighted by Crippen LogP contribution is 2.25. The fourth-order valence-electron chi connectivity index (χ4n) is 3.63. The minimum atomic E-state index is -3.62. The summed E-state index contributed by atoms with van der Waals surface area (Å²) < 4.78 is 31.5. The fourth-order valence-corrected chi connectivity index (χ4v) is 4.59. The van der Waals surface area contributed by atoms with Gasteiger partial charge in [-0.2, -0.15) is 0 Å². The van der Waals surface area contributed by atoms with Crippen LogP contribution in [-0.2, 0) is 27.7 Å². The Kier molecular flexibility index (Phi) is 9.21. The van der Waals surface area contributed by atoms with Gasteiger partial charge in [0.15, 0.2) is 0 Å². The molecule has 8 nitrogen and oxygen atoms in total. The van der Waals surface area contributed by atoms with E-state index >= 15 is 0 Å². The number of hydrogen-bond acceptors (Lipinski definition) is 5. The summed E-state index contributed by atoms with van der Waals surface area (Å²) in [5, 5.41) is 5.70. The summed E-state index contributed by atoms with van der Waals surface area (Å²) in [5.41, 5.74) is 2.51. The molecule has 0 fully saturated rings. The Morgan fingerprint density at radius 3 is 2.31 bits per heavy atom. The number of rotatable bonds is 11. The van der Waals surface area contributed by atoms with Crippen molar-refractivity contribution in [3.63, 3.8) is 0 Å². The number of sulfonamides is 1. The molecule has 0 aliphatic heterocycles. The van der Waals surface area contributed by atoms with Gasteiger partial charge < -0.3 is 15.4 Å². The Hall–Kier alpha value is -3.69. The van der Waals surface area contributed by atoms with Gasteiger partial charge in [0.2, 0.25) is 15.9 Å². The van der Waals surface area contributed by atoms with Gasteiger partial charge in [-0.15, -0.1) is 0 Å². The lowest BCUT2D eigenvalue weighted by Crippen LogP contribution is -2.27. The lowest BCUT2D eigenvalue weighted by molar-refractivity contribution is -0.116. The van der Waals surface area contributed by atoms with Crippen LogP contribution in [0.4, 0.5) is 5.69 Å². The summed E-state index contributed by atoms with van der Waals surface area (Å²) >= 11 is 0. The van der Waals surface area contributed by atoms with Crippen LogP contribution in [0.3, 0.4) is 0 Å². The van der Waals surface area contributed by atoms with Crippen LogP contribution in [0.15, 0.2) is 77.7 Å². The smallest absolute Gasteiger partial charge is 0.253 e. The number of para-hydroxylation sites is 1. The third kappa shape index (κ3) is 6.93. The van der Waals surface area contributed by atoms with Gasteiger partial charge >= 0.3 is 0 Å². The molecule has 36 heavy (non-hydrogen) atoms. The highest BCUT2D eigenvalue weighted by atomic mass is 32.2. The van der Waals surface area contributed by atoms with Crippen LogP contribution in [-0.4, -0.2) is 52.3 Å². The molecule has 3 aromatic rings.